The fourth-order valence-corrected chi connectivity index (χ4v) is 11.2. The Kier molecular flexibility index (Phi) is 10.5. The number of imidazole rings is 1. The lowest BCUT2D eigenvalue weighted by atomic mass is 9.71. The molecule has 0 radical (unpaired) electrons. The normalized spacial score (nSPS) is 25.1. The molecule has 3 atom stereocenters. The molecule has 2 N–H and O–H groups in total. The second-order valence-corrected chi connectivity index (χ2v) is 18.9. The summed E-state index contributed by atoms with van der Waals surface area (Å²) in [6.07, 6.45) is 7.57. The number of para-hydroxylation sites is 1. The zero-order valence-corrected chi connectivity index (χ0v) is 36.5. The summed E-state index contributed by atoms with van der Waals surface area (Å²) in [5.41, 5.74) is 1.62. The number of nitrogens with one attached hydrogen (secondary N) is 2. The van der Waals surface area contributed by atoms with E-state index in [1.807, 2.05) is 23.1 Å². The van der Waals surface area contributed by atoms with E-state index >= 15 is 0 Å². The zero-order valence-electron chi connectivity index (χ0n) is 36.5. The van der Waals surface area contributed by atoms with Crippen LogP contribution in [0.5, 0.6) is 0 Å². The molecule has 5 aromatic rings. The lowest BCUT2D eigenvalue weighted by molar-refractivity contribution is -0.152. The number of carbonyl (C=O) groups excluding carboxylic acids is 4. The number of imide groups is 1. The van der Waals surface area contributed by atoms with E-state index in [1.54, 1.807) is 19.3 Å². The molecule has 1 aromatic carbocycles. The largest absolute Gasteiger partial charge is 0.374 e. The van der Waals surface area contributed by atoms with Crippen LogP contribution in [0.3, 0.4) is 0 Å². The van der Waals surface area contributed by atoms with E-state index in [1.165, 1.54) is 30.7 Å². The minimum atomic E-state index is -2.91. The van der Waals surface area contributed by atoms with E-state index in [9.17, 15) is 32.8 Å². The number of morpholine rings is 1. The third-order valence-corrected chi connectivity index (χ3v) is 14.9. The summed E-state index contributed by atoms with van der Waals surface area (Å²) >= 11 is 0. The molecule has 11 rings (SSSR count). The lowest BCUT2D eigenvalue weighted by Crippen LogP contribution is -2.62. The van der Waals surface area contributed by atoms with Gasteiger partial charge in [0.1, 0.15) is 17.4 Å². The van der Waals surface area contributed by atoms with Gasteiger partial charge >= 0.3 is 5.69 Å². The summed E-state index contributed by atoms with van der Waals surface area (Å²) in [5.74, 6) is 5.86. The SMILES string of the molecule is Cn1c(=O)n(C2CCC(=O)NC2=O)c2cccc(C#CCN3CCC4(CC3)CN(C(=O)[C@H]3CC[C@H](n5cc(NC(=O)c6cnn7ccc(N8C[C@H]9C[C@@H]8CO9)nc67)c(C(F)F)n5)CC3)C4)c21. The van der Waals surface area contributed by atoms with Crippen molar-refractivity contribution in [1.82, 2.24) is 48.6 Å². The van der Waals surface area contributed by atoms with Gasteiger partial charge in [-0.2, -0.15) is 10.2 Å². The number of aromatic nitrogens is 7. The number of aryl methyl sites for hydroxylation is 1. The highest BCUT2D eigenvalue weighted by molar-refractivity contribution is 6.08. The lowest BCUT2D eigenvalue weighted by Gasteiger charge is -2.54. The number of hydrogen-bond acceptors (Lipinski definition) is 11. The fourth-order valence-electron chi connectivity index (χ4n) is 11.2. The predicted octanol–water partition coefficient (Wildman–Crippen LogP) is 3.43. The molecule has 1 aliphatic carbocycles. The van der Waals surface area contributed by atoms with Gasteiger partial charge in [-0.1, -0.05) is 17.9 Å². The molecule has 1 saturated carbocycles. The van der Waals surface area contributed by atoms with Gasteiger partial charge in [0.05, 0.1) is 59.8 Å². The van der Waals surface area contributed by atoms with Crippen molar-refractivity contribution in [1.29, 1.82) is 0 Å². The highest BCUT2D eigenvalue weighted by Gasteiger charge is 2.48. The molecule has 18 nitrogen and oxygen atoms in total. The van der Waals surface area contributed by atoms with Gasteiger partial charge in [0.25, 0.3) is 12.3 Å². The molecule has 5 saturated heterocycles. The summed E-state index contributed by atoms with van der Waals surface area (Å²) in [6.45, 7) is 5.07. The van der Waals surface area contributed by atoms with Gasteiger partial charge in [0.15, 0.2) is 11.3 Å². The molecule has 4 amide bonds. The molecule has 5 aliphatic heterocycles. The number of nitrogens with zero attached hydrogens (tertiary/aromatic N) is 10. The monoisotopic (exact) mass is 904 g/mol. The molecule has 66 heavy (non-hydrogen) atoms. The highest BCUT2D eigenvalue weighted by Crippen LogP contribution is 2.43. The Balaban J connectivity index is 0.667. The number of halogens is 2. The van der Waals surface area contributed by atoms with Crippen LogP contribution in [0, 0.1) is 23.2 Å². The Morgan fingerprint density at radius 1 is 1.05 bits per heavy atom. The van der Waals surface area contributed by atoms with Crippen LogP contribution in [0.25, 0.3) is 16.7 Å². The fraction of sp³-hybridized carbons (Fsp3) is 0.522. The van der Waals surface area contributed by atoms with Gasteiger partial charge in [0.2, 0.25) is 17.7 Å². The third-order valence-electron chi connectivity index (χ3n) is 14.9. The Morgan fingerprint density at radius 3 is 2.58 bits per heavy atom. The van der Waals surface area contributed by atoms with Crippen LogP contribution in [0.1, 0.15) is 97.9 Å². The van der Waals surface area contributed by atoms with E-state index in [0.29, 0.717) is 66.9 Å². The molecule has 1 unspecified atom stereocenters. The van der Waals surface area contributed by atoms with E-state index < -0.39 is 30.0 Å². The van der Waals surface area contributed by atoms with Crippen LogP contribution < -0.4 is 21.2 Å². The van der Waals surface area contributed by atoms with Crippen molar-refractivity contribution in [3.8, 4) is 11.8 Å². The third kappa shape index (κ3) is 7.41. The number of fused-ring (bicyclic) bond motifs is 4. The summed E-state index contributed by atoms with van der Waals surface area (Å²) in [6, 6.07) is 6.61. The standard InChI is InChI=1S/C46H50F2N12O6/c1-54-39-27(4-2-6-34(39)60(45(54)65)35-11-12-37(61)52-43(35)63)5-3-16-55-18-14-46(15-19-55)25-56(26-46)44(64)28-7-9-29(10-8-28)59-23-33(38(53-59)40(47)48)50-42(62)32-21-49-58-17-13-36(51-41(32)58)57-22-31-20-30(57)24-66-31/h2,4,6,13,17,21,23,28-31,35,40H,7-12,14-16,18-20,22,24-26H2,1H3,(H,50,62)(H,52,61,63)/t28-,29-,30-,31-,35?/m1/s1. The number of piperidine rings is 2. The number of benzene rings is 1. The van der Waals surface area contributed by atoms with E-state index in [2.05, 4.69) is 42.5 Å². The molecule has 6 aliphatic rings. The smallest absolute Gasteiger partial charge is 0.329 e. The summed E-state index contributed by atoms with van der Waals surface area (Å²) < 4.78 is 40.4. The number of alkyl halides is 2. The minimum absolute atomic E-state index is 0.0633. The molecule has 2 bridgehead atoms. The summed E-state index contributed by atoms with van der Waals surface area (Å²) in [7, 11) is 1.67. The second kappa shape index (κ2) is 16.5. The Labute approximate surface area is 377 Å². The van der Waals surface area contributed by atoms with Crippen LogP contribution in [-0.4, -0.2) is 125 Å². The molecule has 6 fully saturated rings. The van der Waals surface area contributed by atoms with Crippen LogP contribution in [0.4, 0.5) is 20.3 Å². The van der Waals surface area contributed by atoms with Crippen molar-refractivity contribution >= 4 is 51.8 Å². The first-order chi connectivity index (χ1) is 31.9. The first kappa shape index (κ1) is 42.2. The van der Waals surface area contributed by atoms with Crippen LogP contribution in [0.15, 0.2) is 47.7 Å². The highest BCUT2D eigenvalue weighted by atomic mass is 19.3. The Morgan fingerprint density at radius 2 is 1.85 bits per heavy atom. The van der Waals surface area contributed by atoms with Crippen molar-refractivity contribution < 1.29 is 32.7 Å². The summed E-state index contributed by atoms with van der Waals surface area (Å²) in [5, 5.41) is 13.5. The van der Waals surface area contributed by atoms with Crippen LogP contribution >= 0.6 is 0 Å². The zero-order chi connectivity index (χ0) is 45.4. The van der Waals surface area contributed by atoms with Crippen molar-refractivity contribution in [3.05, 3.63) is 70.2 Å². The Bertz CT molecular complexity index is 2900. The van der Waals surface area contributed by atoms with Gasteiger partial charge < -0.3 is 19.9 Å². The number of likely N-dealkylation sites (tertiary alicyclic amines) is 2. The molecular formula is C46H50F2N12O6. The Hall–Kier alpha value is -6.46. The molecule has 9 heterocycles. The minimum Gasteiger partial charge on any atom is -0.374 e. The van der Waals surface area contributed by atoms with Crippen LogP contribution in [0.2, 0.25) is 0 Å². The van der Waals surface area contributed by atoms with E-state index in [-0.39, 0.29) is 71.1 Å². The average Bonchev–Trinajstić information content (AvgIpc) is 4.16. The summed E-state index contributed by atoms with van der Waals surface area (Å²) in [4.78, 5) is 76.1. The van der Waals surface area contributed by atoms with Gasteiger partial charge in [-0.15, -0.1) is 0 Å². The maximum absolute atomic E-state index is 14.3. The molecular weight excluding hydrogens is 855 g/mol. The van der Waals surface area contributed by atoms with Crippen molar-refractivity contribution in [2.24, 2.45) is 18.4 Å². The predicted molar refractivity (Wildman–Crippen MR) is 235 cm³/mol. The topological polar surface area (TPSA) is 186 Å². The van der Waals surface area contributed by atoms with Gasteiger partial charge in [0, 0.05) is 56.8 Å². The maximum Gasteiger partial charge on any atom is 0.329 e. The number of rotatable bonds is 8. The second-order valence-electron chi connectivity index (χ2n) is 18.9. The quantitative estimate of drug-likeness (QED) is 0.172. The van der Waals surface area contributed by atoms with E-state index in [4.69, 9.17) is 9.72 Å². The van der Waals surface area contributed by atoms with Crippen LogP contribution in [-0.2, 0) is 26.2 Å². The number of amides is 4. The van der Waals surface area contributed by atoms with Crippen molar-refractivity contribution in [3.63, 3.8) is 0 Å². The van der Waals surface area contributed by atoms with Gasteiger partial charge in [-0.25, -0.2) is 23.1 Å². The number of hydrogen-bond donors (Lipinski definition) is 2. The molecule has 344 valence electrons. The van der Waals surface area contributed by atoms with Gasteiger partial charge in [-0.3, -0.25) is 43.2 Å². The molecule has 1 spiro atoms. The molecule has 20 heteroatoms. The average molecular weight is 905 g/mol. The van der Waals surface area contributed by atoms with E-state index in [0.717, 1.165) is 52.0 Å². The van der Waals surface area contributed by atoms with Crippen molar-refractivity contribution in [2.45, 2.75) is 88.4 Å². The van der Waals surface area contributed by atoms with Gasteiger partial charge in [-0.05, 0) is 82.7 Å². The molecule has 4 aromatic heterocycles. The maximum atomic E-state index is 14.3. The first-order valence-corrected chi connectivity index (χ1v) is 22.9. The number of ether oxygens (including phenoxy) is 1. The number of anilines is 2. The van der Waals surface area contributed by atoms with Crippen molar-refractivity contribution in [2.75, 3.05) is 56.1 Å². The number of carbonyl (C=O) groups is 4. The first-order valence-electron chi connectivity index (χ1n) is 22.9.